The molecule has 1 aliphatic rings. The van der Waals surface area contributed by atoms with Gasteiger partial charge in [-0.1, -0.05) is 15.9 Å². The van der Waals surface area contributed by atoms with E-state index in [9.17, 15) is 9.90 Å². The van der Waals surface area contributed by atoms with Crippen molar-refractivity contribution in [2.75, 3.05) is 24.5 Å². The number of rotatable bonds is 4. The average molecular weight is 341 g/mol. The molecule has 1 aromatic carbocycles. The van der Waals surface area contributed by atoms with E-state index < -0.39 is 5.97 Å². The van der Waals surface area contributed by atoms with Gasteiger partial charge in [0.05, 0.1) is 5.56 Å². The minimum absolute atomic E-state index is 0.377. The maximum Gasteiger partial charge on any atom is 0.336 e. The Labute approximate surface area is 128 Å². The van der Waals surface area contributed by atoms with Crippen molar-refractivity contribution in [3.8, 4) is 0 Å². The number of nitrogens with zero attached hydrogens (tertiary/aromatic N) is 1. The van der Waals surface area contributed by atoms with E-state index in [2.05, 4.69) is 33.1 Å². The summed E-state index contributed by atoms with van der Waals surface area (Å²) in [7, 11) is 0. The molecule has 2 rings (SSSR count). The molecule has 1 heterocycles. The molecule has 1 saturated heterocycles. The van der Waals surface area contributed by atoms with Gasteiger partial charge in [-0.15, -0.1) is 0 Å². The van der Waals surface area contributed by atoms with Crippen molar-refractivity contribution < 1.29 is 9.90 Å². The average Bonchev–Trinajstić information content (AvgIpc) is 2.44. The van der Waals surface area contributed by atoms with Gasteiger partial charge in [0.1, 0.15) is 0 Å². The first-order chi connectivity index (χ1) is 9.54. The minimum Gasteiger partial charge on any atom is -0.478 e. The maximum atomic E-state index is 11.4. The molecule has 5 heteroatoms. The molecule has 0 amide bonds. The Bertz CT molecular complexity index is 499. The van der Waals surface area contributed by atoms with E-state index in [1.165, 1.54) is 0 Å². The van der Waals surface area contributed by atoms with Crippen molar-refractivity contribution in [1.82, 2.24) is 5.32 Å². The molecule has 0 radical (unpaired) electrons. The normalized spacial score (nSPS) is 16.1. The molecule has 0 saturated carbocycles. The van der Waals surface area contributed by atoms with Gasteiger partial charge in [-0.3, -0.25) is 0 Å². The van der Waals surface area contributed by atoms with Crippen LogP contribution in [0.4, 0.5) is 5.69 Å². The lowest BCUT2D eigenvalue weighted by molar-refractivity contribution is 0.0696. The first-order valence-electron chi connectivity index (χ1n) is 7.05. The number of carboxylic acid groups (broad SMARTS) is 1. The molecule has 1 aromatic rings. The van der Waals surface area contributed by atoms with E-state index in [1.807, 2.05) is 13.0 Å². The Kier molecular flexibility index (Phi) is 5.05. The van der Waals surface area contributed by atoms with Crippen LogP contribution in [0, 0.1) is 6.92 Å². The smallest absolute Gasteiger partial charge is 0.336 e. The summed E-state index contributed by atoms with van der Waals surface area (Å²) < 4.78 is 0.822. The lowest BCUT2D eigenvalue weighted by Crippen LogP contribution is -2.43. The van der Waals surface area contributed by atoms with Crippen LogP contribution < -0.4 is 10.2 Å². The van der Waals surface area contributed by atoms with Crippen molar-refractivity contribution in [3.05, 3.63) is 27.7 Å². The molecular formula is C15H21BrN2O2. The molecule has 0 bridgehead atoms. The van der Waals surface area contributed by atoms with Gasteiger partial charge >= 0.3 is 5.97 Å². The Balaban J connectivity index is 2.40. The van der Waals surface area contributed by atoms with Crippen LogP contribution in [0.25, 0.3) is 0 Å². The summed E-state index contributed by atoms with van der Waals surface area (Å²) in [5, 5.41) is 12.7. The molecule has 0 aromatic heterocycles. The van der Waals surface area contributed by atoms with Gasteiger partial charge in [0.25, 0.3) is 0 Å². The Morgan fingerprint density at radius 1 is 1.45 bits per heavy atom. The highest BCUT2D eigenvalue weighted by atomic mass is 79.9. The van der Waals surface area contributed by atoms with Crippen molar-refractivity contribution in [2.45, 2.75) is 32.7 Å². The number of hydrogen-bond donors (Lipinski definition) is 2. The zero-order chi connectivity index (χ0) is 14.7. The number of hydrogen-bond acceptors (Lipinski definition) is 3. The fourth-order valence-corrected chi connectivity index (χ4v) is 3.37. The first kappa shape index (κ1) is 15.3. The topological polar surface area (TPSA) is 52.6 Å². The van der Waals surface area contributed by atoms with Gasteiger partial charge in [-0.25, -0.2) is 4.79 Å². The van der Waals surface area contributed by atoms with E-state index in [0.29, 0.717) is 11.6 Å². The van der Waals surface area contributed by atoms with Gasteiger partial charge in [-0.05, 0) is 57.5 Å². The summed E-state index contributed by atoms with van der Waals surface area (Å²) in [5.74, 6) is -0.869. The van der Waals surface area contributed by atoms with E-state index >= 15 is 0 Å². The predicted octanol–water partition coefficient (Wildman–Crippen LogP) is 3.03. The molecule has 0 unspecified atom stereocenters. The predicted molar refractivity (Wildman–Crippen MR) is 84.8 cm³/mol. The lowest BCUT2D eigenvalue weighted by Gasteiger charge is -2.37. The third-order valence-electron chi connectivity index (χ3n) is 3.98. The van der Waals surface area contributed by atoms with Crippen molar-refractivity contribution in [3.63, 3.8) is 0 Å². The van der Waals surface area contributed by atoms with Crippen molar-refractivity contribution in [2.24, 2.45) is 0 Å². The molecular weight excluding hydrogens is 320 g/mol. The Morgan fingerprint density at radius 3 is 2.65 bits per heavy atom. The van der Waals surface area contributed by atoms with Crippen LogP contribution in [-0.4, -0.2) is 36.8 Å². The molecule has 2 N–H and O–H groups in total. The zero-order valence-electron chi connectivity index (χ0n) is 11.9. The molecule has 0 spiro atoms. The van der Waals surface area contributed by atoms with Gasteiger partial charge in [0, 0.05) is 22.7 Å². The number of aromatic carboxylic acids is 1. The minimum atomic E-state index is -0.869. The summed E-state index contributed by atoms with van der Waals surface area (Å²) >= 11 is 3.43. The summed E-state index contributed by atoms with van der Waals surface area (Å²) in [6, 6.07) is 4.20. The number of halogens is 1. The summed E-state index contributed by atoms with van der Waals surface area (Å²) in [6.07, 6.45) is 2.20. The monoisotopic (exact) mass is 340 g/mol. The number of benzene rings is 1. The lowest BCUT2D eigenvalue weighted by atomic mass is 10.0. The maximum absolute atomic E-state index is 11.4. The standard InChI is InChI=1S/C15H21BrN2O2/c1-3-18(12-4-6-17-7-5-12)14-9-11(16)8-13(10(14)2)15(19)20/h8-9,12,17H,3-7H2,1-2H3,(H,19,20). The molecule has 110 valence electrons. The number of nitrogens with one attached hydrogen (secondary N) is 1. The number of carbonyl (C=O) groups is 1. The molecule has 20 heavy (non-hydrogen) atoms. The largest absolute Gasteiger partial charge is 0.478 e. The third kappa shape index (κ3) is 3.15. The van der Waals surface area contributed by atoms with Crippen LogP contribution >= 0.6 is 15.9 Å². The van der Waals surface area contributed by atoms with Gasteiger partial charge in [0.15, 0.2) is 0 Å². The zero-order valence-corrected chi connectivity index (χ0v) is 13.5. The van der Waals surface area contributed by atoms with E-state index in [0.717, 1.165) is 48.2 Å². The second-order valence-corrected chi connectivity index (χ2v) is 6.09. The molecule has 4 nitrogen and oxygen atoms in total. The highest BCUT2D eigenvalue weighted by Gasteiger charge is 2.23. The molecule has 0 aliphatic carbocycles. The summed E-state index contributed by atoms with van der Waals surface area (Å²) in [4.78, 5) is 13.7. The van der Waals surface area contributed by atoms with Crippen molar-refractivity contribution >= 4 is 27.6 Å². The number of anilines is 1. The fourth-order valence-electron chi connectivity index (χ4n) is 2.93. The summed E-state index contributed by atoms with van der Waals surface area (Å²) in [6.45, 7) is 6.97. The van der Waals surface area contributed by atoms with Crippen LogP contribution in [0.1, 0.15) is 35.7 Å². The summed E-state index contributed by atoms with van der Waals surface area (Å²) in [5.41, 5.74) is 2.26. The van der Waals surface area contributed by atoms with E-state index in [1.54, 1.807) is 6.07 Å². The SMILES string of the molecule is CCN(c1cc(Br)cc(C(=O)O)c1C)C1CCNCC1. The van der Waals surface area contributed by atoms with Crippen LogP contribution in [0.5, 0.6) is 0 Å². The Morgan fingerprint density at radius 2 is 2.10 bits per heavy atom. The second kappa shape index (κ2) is 6.59. The van der Waals surface area contributed by atoms with E-state index in [4.69, 9.17) is 0 Å². The van der Waals surface area contributed by atoms with Gasteiger partial charge in [0.2, 0.25) is 0 Å². The van der Waals surface area contributed by atoms with Crippen LogP contribution in [0.3, 0.4) is 0 Å². The van der Waals surface area contributed by atoms with Gasteiger partial charge in [-0.2, -0.15) is 0 Å². The molecule has 1 aliphatic heterocycles. The third-order valence-corrected chi connectivity index (χ3v) is 4.43. The Hall–Kier alpha value is -1.07. The first-order valence-corrected chi connectivity index (χ1v) is 7.84. The van der Waals surface area contributed by atoms with Crippen molar-refractivity contribution in [1.29, 1.82) is 0 Å². The fraction of sp³-hybridized carbons (Fsp3) is 0.533. The number of piperidine rings is 1. The van der Waals surface area contributed by atoms with Gasteiger partial charge < -0.3 is 15.3 Å². The highest BCUT2D eigenvalue weighted by molar-refractivity contribution is 9.10. The van der Waals surface area contributed by atoms with Crippen LogP contribution in [0.15, 0.2) is 16.6 Å². The number of carboxylic acids is 1. The van der Waals surface area contributed by atoms with E-state index in [-0.39, 0.29) is 0 Å². The molecule has 1 fully saturated rings. The molecule has 0 atom stereocenters. The quantitative estimate of drug-likeness (QED) is 0.884. The van der Waals surface area contributed by atoms with Crippen LogP contribution in [-0.2, 0) is 0 Å². The van der Waals surface area contributed by atoms with Crippen LogP contribution in [0.2, 0.25) is 0 Å². The highest BCUT2D eigenvalue weighted by Crippen LogP contribution is 2.31. The second-order valence-electron chi connectivity index (χ2n) is 5.17.